The fraction of sp³-hybridized carbons (Fsp3) is 0.684. The van der Waals surface area contributed by atoms with E-state index in [1.807, 2.05) is 0 Å². The van der Waals surface area contributed by atoms with Crippen molar-refractivity contribution in [3.05, 3.63) is 35.4 Å². The molecular weight excluding hydrogens is 242 g/mol. The van der Waals surface area contributed by atoms with Crippen molar-refractivity contribution in [2.24, 2.45) is 11.3 Å². The van der Waals surface area contributed by atoms with Gasteiger partial charge in [0.05, 0.1) is 0 Å². The quantitative estimate of drug-likeness (QED) is 0.803. The molecule has 0 bridgehead atoms. The van der Waals surface area contributed by atoms with E-state index in [0.29, 0.717) is 17.4 Å². The van der Waals surface area contributed by atoms with E-state index in [4.69, 9.17) is 0 Å². The standard InChI is InChI=1S/C19H31N/c1-14(2)17-8-6-16(7-9-17)13-20-18-10-15(3)11-19(4,5)12-18/h6-9,14-15,18,20H,10-13H2,1-5H3. The number of hydrogen-bond acceptors (Lipinski definition) is 1. The molecule has 1 fully saturated rings. The Morgan fingerprint density at radius 1 is 1.15 bits per heavy atom. The van der Waals surface area contributed by atoms with Gasteiger partial charge in [0.2, 0.25) is 0 Å². The van der Waals surface area contributed by atoms with Crippen LogP contribution in [0.4, 0.5) is 0 Å². The maximum atomic E-state index is 3.77. The summed E-state index contributed by atoms with van der Waals surface area (Å²) >= 11 is 0. The molecule has 2 unspecified atom stereocenters. The minimum absolute atomic E-state index is 0.497. The molecule has 0 aliphatic heterocycles. The van der Waals surface area contributed by atoms with Gasteiger partial charge in [-0.25, -0.2) is 0 Å². The Balaban J connectivity index is 1.88. The first-order valence-corrected chi connectivity index (χ1v) is 8.18. The highest BCUT2D eigenvalue weighted by Gasteiger charge is 2.31. The summed E-state index contributed by atoms with van der Waals surface area (Å²) in [5.74, 6) is 1.47. The van der Waals surface area contributed by atoms with Crippen molar-refractivity contribution in [1.29, 1.82) is 0 Å². The van der Waals surface area contributed by atoms with Gasteiger partial charge in [0.25, 0.3) is 0 Å². The van der Waals surface area contributed by atoms with Gasteiger partial charge in [-0.1, -0.05) is 58.9 Å². The predicted molar refractivity (Wildman–Crippen MR) is 88.0 cm³/mol. The molecule has 1 aliphatic carbocycles. The highest BCUT2D eigenvalue weighted by atomic mass is 14.9. The zero-order valence-electron chi connectivity index (χ0n) is 13.9. The van der Waals surface area contributed by atoms with Crippen LogP contribution in [0, 0.1) is 11.3 Å². The van der Waals surface area contributed by atoms with Gasteiger partial charge in [-0.15, -0.1) is 0 Å². The second-order valence-corrected chi connectivity index (χ2v) is 7.89. The Morgan fingerprint density at radius 3 is 2.35 bits per heavy atom. The Labute approximate surface area is 125 Å². The Hall–Kier alpha value is -0.820. The van der Waals surface area contributed by atoms with Gasteiger partial charge in [-0.3, -0.25) is 0 Å². The van der Waals surface area contributed by atoms with Crippen LogP contribution < -0.4 is 5.32 Å². The fourth-order valence-electron chi connectivity index (χ4n) is 3.78. The summed E-state index contributed by atoms with van der Waals surface area (Å²) in [6.07, 6.45) is 4.00. The van der Waals surface area contributed by atoms with E-state index in [9.17, 15) is 0 Å². The SMILES string of the molecule is CC1CC(NCc2ccc(C(C)C)cc2)CC(C)(C)C1. The van der Waals surface area contributed by atoms with Crippen molar-refractivity contribution in [1.82, 2.24) is 5.32 Å². The highest BCUT2D eigenvalue weighted by molar-refractivity contribution is 5.24. The van der Waals surface area contributed by atoms with E-state index in [-0.39, 0.29) is 0 Å². The van der Waals surface area contributed by atoms with E-state index >= 15 is 0 Å². The van der Waals surface area contributed by atoms with Crippen LogP contribution in [0.3, 0.4) is 0 Å². The fourth-order valence-corrected chi connectivity index (χ4v) is 3.78. The molecule has 1 saturated carbocycles. The Morgan fingerprint density at radius 2 is 1.80 bits per heavy atom. The van der Waals surface area contributed by atoms with Crippen LogP contribution in [0.15, 0.2) is 24.3 Å². The molecule has 0 amide bonds. The van der Waals surface area contributed by atoms with Gasteiger partial charge in [0, 0.05) is 12.6 Å². The van der Waals surface area contributed by atoms with Gasteiger partial charge >= 0.3 is 0 Å². The molecule has 1 heteroatoms. The largest absolute Gasteiger partial charge is 0.310 e. The van der Waals surface area contributed by atoms with Crippen LogP contribution in [0.1, 0.15) is 70.9 Å². The summed E-state index contributed by atoms with van der Waals surface area (Å²) in [7, 11) is 0. The summed E-state index contributed by atoms with van der Waals surface area (Å²) < 4.78 is 0. The first kappa shape index (κ1) is 15.6. The predicted octanol–water partition coefficient (Wildman–Crippen LogP) is 5.11. The molecule has 0 heterocycles. The van der Waals surface area contributed by atoms with Gasteiger partial charge in [0.15, 0.2) is 0 Å². The van der Waals surface area contributed by atoms with E-state index in [1.54, 1.807) is 0 Å². The molecule has 20 heavy (non-hydrogen) atoms. The zero-order chi connectivity index (χ0) is 14.8. The zero-order valence-corrected chi connectivity index (χ0v) is 13.9. The van der Waals surface area contributed by atoms with E-state index in [1.165, 1.54) is 30.4 Å². The molecule has 1 N–H and O–H groups in total. The summed E-state index contributed by atoms with van der Waals surface area (Å²) in [5, 5.41) is 3.77. The lowest BCUT2D eigenvalue weighted by atomic mass is 9.70. The molecule has 2 rings (SSSR count). The third kappa shape index (κ3) is 4.34. The molecular formula is C19H31N. The smallest absolute Gasteiger partial charge is 0.0208 e. The molecule has 1 aromatic rings. The van der Waals surface area contributed by atoms with E-state index in [2.05, 4.69) is 64.2 Å². The molecule has 2 atom stereocenters. The molecule has 0 aromatic heterocycles. The van der Waals surface area contributed by atoms with E-state index < -0.39 is 0 Å². The van der Waals surface area contributed by atoms with Crippen LogP contribution in [0.25, 0.3) is 0 Å². The lowest BCUT2D eigenvalue weighted by Gasteiger charge is -2.39. The lowest BCUT2D eigenvalue weighted by molar-refractivity contribution is 0.151. The summed E-state index contributed by atoms with van der Waals surface area (Å²) in [4.78, 5) is 0. The second-order valence-electron chi connectivity index (χ2n) is 7.89. The molecule has 0 radical (unpaired) electrons. The molecule has 0 saturated heterocycles. The minimum atomic E-state index is 0.497. The van der Waals surface area contributed by atoms with Gasteiger partial charge in [-0.2, -0.15) is 0 Å². The van der Waals surface area contributed by atoms with Crippen molar-refractivity contribution in [2.45, 2.75) is 72.4 Å². The average Bonchev–Trinajstić information content (AvgIpc) is 2.34. The summed E-state index contributed by atoms with van der Waals surface area (Å²) in [6.45, 7) is 12.7. The molecule has 1 aliphatic rings. The number of nitrogens with one attached hydrogen (secondary N) is 1. The Bertz CT molecular complexity index is 416. The van der Waals surface area contributed by atoms with Crippen LogP contribution in [-0.2, 0) is 6.54 Å². The van der Waals surface area contributed by atoms with Crippen molar-refractivity contribution < 1.29 is 0 Å². The average molecular weight is 273 g/mol. The molecule has 0 spiro atoms. The molecule has 1 aromatic carbocycles. The number of hydrogen-bond donors (Lipinski definition) is 1. The molecule has 112 valence electrons. The van der Waals surface area contributed by atoms with Gasteiger partial charge in [0.1, 0.15) is 0 Å². The summed E-state index contributed by atoms with van der Waals surface area (Å²) in [5.41, 5.74) is 3.34. The van der Waals surface area contributed by atoms with Crippen molar-refractivity contribution in [2.75, 3.05) is 0 Å². The van der Waals surface area contributed by atoms with Crippen molar-refractivity contribution >= 4 is 0 Å². The Kier molecular flexibility index (Phi) is 4.90. The van der Waals surface area contributed by atoms with Crippen molar-refractivity contribution in [3.63, 3.8) is 0 Å². The monoisotopic (exact) mass is 273 g/mol. The summed E-state index contributed by atoms with van der Waals surface area (Å²) in [6, 6.07) is 9.78. The normalized spacial score (nSPS) is 25.9. The van der Waals surface area contributed by atoms with Crippen LogP contribution in [-0.4, -0.2) is 6.04 Å². The third-order valence-electron chi connectivity index (χ3n) is 4.63. The molecule has 1 nitrogen and oxygen atoms in total. The highest BCUT2D eigenvalue weighted by Crippen LogP contribution is 2.38. The maximum absolute atomic E-state index is 3.77. The maximum Gasteiger partial charge on any atom is 0.0208 e. The number of rotatable bonds is 4. The van der Waals surface area contributed by atoms with Crippen LogP contribution in [0.5, 0.6) is 0 Å². The number of benzene rings is 1. The lowest BCUT2D eigenvalue weighted by Crippen LogP contribution is -2.39. The van der Waals surface area contributed by atoms with Gasteiger partial charge < -0.3 is 5.32 Å². The minimum Gasteiger partial charge on any atom is -0.310 e. The second kappa shape index (κ2) is 6.30. The van der Waals surface area contributed by atoms with Crippen molar-refractivity contribution in [3.8, 4) is 0 Å². The third-order valence-corrected chi connectivity index (χ3v) is 4.63. The van der Waals surface area contributed by atoms with Crippen LogP contribution >= 0.6 is 0 Å². The van der Waals surface area contributed by atoms with Crippen LogP contribution in [0.2, 0.25) is 0 Å². The first-order valence-electron chi connectivity index (χ1n) is 8.18. The van der Waals surface area contributed by atoms with E-state index in [0.717, 1.165) is 12.5 Å². The van der Waals surface area contributed by atoms with Gasteiger partial charge in [-0.05, 0) is 47.6 Å². The topological polar surface area (TPSA) is 12.0 Å². The first-order chi connectivity index (χ1) is 9.35.